The molecule has 1 heterocycles. The number of hydrogen-bond acceptors (Lipinski definition) is 5. The minimum absolute atomic E-state index is 0.00807. The molecule has 2 N–H and O–H groups in total. The number of phenols is 1. The zero-order valence-electron chi connectivity index (χ0n) is 8.89. The van der Waals surface area contributed by atoms with E-state index in [0.29, 0.717) is 20.5 Å². The summed E-state index contributed by atoms with van der Waals surface area (Å²) in [5, 5.41) is 12.4. The number of thioether (sulfide) groups is 1. The summed E-state index contributed by atoms with van der Waals surface area (Å²) in [6.45, 7) is 0. The zero-order valence-corrected chi connectivity index (χ0v) is 10.5. The molecule has 0 saturated carbocycles. The van der Waals surface area contributed by atoms with Gasteiger partial charge in [0, 0.05) is 5.56 Å². The summed E-state index contributed by atoms with van der Waals surface area (Å²) in [7, 11) is 1.47. The van der Waals surface area contributed by atoms with Crippen LogP contribution in [-0.2, 0) is 4.79 Å². The van der Waals surface area contributed by atoms with E-state index < -0.39 is 0 Å². The molecule has 6 heteroatoms. The van der Waals surface area contributed by atoms with Gasteiger partial charge in [0.25, 0.3) is 5.91 Å². The predicted octanol–water partition coefficient (Wildman–Crippen LogP) is 1.89. The lowest BCUT2D eigenvalue weighted by molar-refractivity contribution is -0.115. The van der Waals surface area contributed by atoms with E-state index in [0.717, 1.165) is 0 Å². The molecule has 88 valence electrons. The lowest BCUT2D eigenvalue weighted by atomic mass is 10.1. The summed E-state index contributed by atoms with van der Waals surface area (Å²) in [5.74, 6) is 0.126. The Balaban J connectivity index is 2.39. The Morgan fingerprint density at radius 1 is 1.53 bits per heavy atom. The molecule has 2 rings (SSSR count). The standard InChI is InChI=1S/C11H9NO3S2/c1-15-7-4-2-3-6(9(7)13)5-8-10(14)12-11(16)17-8/h2-5,13H,1H3,(H,12,14,16). The van der Waals surface area contributed by atoms with E-state index in [2.05, 4.69) is 5.32 Å². The lowest BCUT2D eigenvalue weighted by Crippen LogP contribution is -2.17. The van der Waals surface area contributed by atoms with Gasteiger partial charge in [-0.15, -0.1) is 0 Å². The summed E-state index contributed by atoms with van der Waals surface area (Å²) in [5.41, 5.74) is 0.520. The van der Waals surface area contributed by atoms with Crippen LogP contribution in [0.1, 0.15) is 5.56 Å². The molecule has 1 aliphatic rings. The number of ether oxygens (including phenoxy) is 1. The number of thiocarbonyl (C=S) groups is 1. The van der Waals surface area contributed by atoms with Crippen LogP contribution in [0.25, 0.3) is 6.08 Å². The van der Waals surface area contributed by atoms with Crippen molar-refractivity contribution >= 4 is 40.3 Å². The van der Waals surface area contributed by atoms with Crippen LogP contribution in [0.15, 0.2) is 23.1 Å². The molecule has 1 aromatic carbocycles. The number of carbonyl (C=O) groups is 1. The Morgan fingerprint density at radius 3 is 2.88 bits per heavy atom. The smallest absolute Gasteiger partial charge is 0.263 e. The minimum Gasteiger partial charge on any atom is -0.504 e. The number of para-hydroxylation sites is 1. The van der Waals surface area contributed by atoms with Gasteiger partial charge in [-0.25, -0.2) is 0 Å². The summed E-state index contributed by atoms with van der Waals surface area (Å²) in [6.07, 6.45) is 1.58. The molecule has 0 unspecified atom stereocenters. The van der Waals surface area contributed by atoms with Gasteiger partial charge < -0.3 is 15.2 Å². The van der Waals surface area contributed by atoms with Gasteiger partial charge in [-0.3, -0.25) is 4.79 Å². The Morgan fingerprint density at radius 2 is 2.29 bits per heavy atom. The highest BCUT2D eigenvalue weighted by Crippen LogP contribution is 2.33. The van der Waals surface area contributed by atoms with Gasteiger partial charge in [-0.2, -0.15) is 0 Å². The maximum atomic E-state index is 11.5. The average Bonchev–Trinajstić information content (AvgIpc) is 2.60. The van der Waals surface area contributed by atoms with Crippen molar-refractivity contribution in [1.29, 1.82) is 0 Å². The van der Waals surface area contributed by atoms with Crippen molar-refractivity contribution in [2.45, 2.75) is 0 Å². The first-order valence-corrected chi connectivity index (χ1v) is 5.95. The number of methoxy groups -OCH3 is 1. The van der Waals surface area contributed by atoms with Crippen molar-refractivity contribution < 1.29 is 14.6 Å². The van der Waals surface area contributed by atoms with Gasteiger partial charge in [0.1, 0.15) is 4.32 Å². The first-order valence-electron chi connectivity index (χ1n) is 4.72. The topological polar surface area (TPSA) is 58.6 Å². The van der Waals surface area contributed by atoms with Crippen molar-refractivity contribution in [2.75, 3.05) is 7.11 Å². The van der Waals surface area contributed by atoms with Crippen molar-refractivity contribution in [3.8, 4) is 11.5 Å². The van der Waals surface area contributed by atoms with E-state index in [9.17, 15) is 9.90 Å². The molecule has 0 aliphatic carbocycles. The van der Waals surface area contributed by atoms with E-state index in [1.54, 1.807) is 24.3 Å². The second kappa shape index (κ2) is 4.77. The fourth-order valence-electron chi connectivity index (χ4n) is 1.38. The van der Waals surface area contributed by atoms with Crippen LogP contribution in [-0.4, -0.2) is 22.4 Å². The highest BCUT2D eigenvalue weighted by molar-refractivity contribution is 8.26. The molecule has 1 fully saturated rings. The first kappa shape index (κ1) is 11.9. The predicted molar refractivity (Wildman–Crippen MR) is 71.0 cm³/mol. The summed E-state index contributed by atoms with van der Waals surface area (Å²) < 4.78 is 5.41. The van der Waals surface area contributed by atoms with Crippen LogP contribution in [0, 0.1) is 0 Å². The summed E-state index contributed by atoms with van der Waals surface area (Å²) in [6, 6.07) is 5.07. The number of amides is 1. The Kier molecular flexibility index (Phi) is 3.35. The second-order valence-electron chi connectivity index (χ2n) is 3.25. The number of aromatic hydroxyl groups is 1. The van der Waals surface area contributed by atoms with Gasteiger partial charge in [-0.1, -0.05) is 36.1 Å². The first-order chi connectivity index (χ1) is 8.11. The number of benzene rings is 1. The molecule has 17 heavy (non-hydrogen) atoms. The Labute approximate surface area is 108 Å². The molecule has 0 atom stereocenters. The zero-order chi connectivity index (χ0) is 12.4. The van der Waals surface area contributed by atoms with Gasteiger partial charge in [-0.05, 0) is 12.1 Å². The van der Waals surface area contributed by atoms with E-state index >= 15 is 0 Å². The fourth-order valence-corrected chi connectivity index (χ4v) is 2.42. The number of phenolic OH excluding ortho intramolecular Hbond substituents is 1. The maximum absolute atomic E-state index is 11.5. The third kappa shape index (κ3) is 2.42. The molecule has 0 radical (unpaired) electrons. The van der Waals surface area contributed by atoms with Crippen molar-refractivity contribution in [2.24, 2.45) is 0 Å². The number of carbonyl (C=O) groups excluding carboxylic acids is 1. The summed E-state index contributed by atoms with van der Waals surface area (Å²) >= 11 is 6.04. The Hall–Kier alpha value is -1.53. The van der Waals surface area contributed by atoms with Crippen molar-refractivity contribution in [3.63, 3.8) is 0 Å². The molecule has 1 saturated heterocycles. The van der Waals surface area contributed by atoms with E-state index in [4.69, 9.17) is 17.0 Å². The largest absolute Gasteiger partial charge is 0.504 e. The highest BCUT2D eigenvalue weighted by Gasteiger charge is 2.22. The average molecular weight is 267 g/mol. The second-order valence-corrected chi connectivity index (χ2v) is 4.97. The van der Waals surface area contributed by atoms with Crippen LogP contribution >= 0.6 is 24.0 Å². The van der Waals surface area contributed by atoms with Crippen LogP contribution in [0.2, 0.25) is 0 Å². The van der Waals surface area contributed by atoms with Crippen LogP contribution in [0.5, 0.6) is 11.5 Å². The van der Waals surface area contributed by atoms with Crippen molar-refractivity contribution in [1.82, 2.24) is 5.32 Å². The molecule has 1 aliphatic heterocycles. The van der Waals surface area contributed by atoms with Crippen LogP contribution in [0.4, 0.5) is 0 Å². The van der Waals surface area contributed by atoms with E-state index in [-0.39, 0.29) is 11.7 Å². The van der Waals surface area contributed by atoms with Crippen LogP contribution < -0.4 is 10.1 Å². The highest BCUT2D eigenvalue weighted by atomic mass is 32.2. The van der Waals surface area contributed by atoms with Crippen molar-refractivity contribution in [3.05, 3.63) is 28.7 Å². The molecule has 0 spiro atoms. The van der Waals surface area contributed by atoms with E-state index in [1.165, 1.54) is 18.9 Å². The maximum Gasteiger partial charge on any atom is 0.263 e. The third-order valence-electron chi connectivity index (χ3n) is 2.18. The lowest BCUT2D eigenvalue weighted by Gasteiger charge is -2.05. The number of hydrogen-bond donors (Lipinski definition) is 2. The minimum atomic E-state index is -0.248. The molecule has 0 bridgehead atoms. The third-order valence-corrected chi connectivity index (χ3v) is 3.34. The summed E-state index contributed by atoms with van der Waals surface area (Å²) in [4.78, 5) is 11.9. The fraction of sp³-hybridized carbons (Fsp3) is 0.0909. The number of nitrogens with one attached hydrogen (secondary N) is 1. The van der Waals surface area contributed by atoms with Gasteiger partial charge in [0.05, 0.1) is 12.0 Å². The normalized spacial score (nSPS) is 17.4. The van der Waals surface area contributed by atoms with E-state index in [1.807, 2.05) is 0 Å². The molecular formula is C11H9NO3S2. The van der Waals surface area contributed by atoms with Crippen LogP contribution in [0.3, 0.4) is 0 Å². The molecule has 1 amide bonds. The SMILES string of the molecule is COc1cccc(C=C2SC(=S)NC2=O)c1O. The molecule has 4 nitrogen and oxygen atoms in total. The quantitative estimate of drug-likeness (QED) is 0.633. The Bertz CT molecular complexity index is 525. The monoisotopic (exact) mass is 267 g/mol. The molecule has 1 aromatic rings. The molecule has 0 aromatic heterocycles. The van der Waals surface area contributed by atoms with Gasteiger partial charge >= 0.3 is 0 Å². The number of rotatable bonds is 2. The molecular weight excluding hydrogens is 258 g/mol. The van der Waals surface area contributed by atoms with Gasteiger partial charge in [0.15, 0.2) is 11.5 Å². The van der Waals surface area contributed by atoms with Gasteiger partial charge in [0.2, 0.25) is 0 Å².